The van der Waals surface area contributed by atoms with Crippen molar-refractivity contribution in [2.75, 3.05) is 0 Å². The molecule has 0 spiro atoms. The molecule has 0 aromatic rings. The maximum Gasteiger partial charge on any atom is 0.156 e. The topological polar surface area (TPSA) is 0 Å². The molecule has 0 saturated heterocycles. The second-order valence-corrected chi connectivity index (χ2v) is 23.7. The Labute approximate surface area is 162 Å². The van der Waals surface area contributed by atoms with Gasteiger partial charge in [-0.05, 0) is 35.8 Å². The number of halogens is 2. The quantitative estimate of drug-likeness (QED) is 0.243. The minimum atomic E-state index is -1.71. The minimum Gasteiger partial charge on any atom is -0.168 e. The van der Waals surface area contributed by atoms with Crippen LogP contribution in [0.5, 0.6) is 0 Å². The third-order valence-corrected chi connectivity index (χ3v) is 13.5. The third-order valence-electron chi connectivity index (χ3n) is 7.11. The smallest absolute Gasteiger partial charge is 0.156 e. The van der Waals surface area contributed by atoms with Gasteiger partial charge in [-0.3, -0.25) is 0 Å². The summed E-state index contributed by atoms with van der Waals surface area (Å²) in [7, 11) is -3.16. The molecule has 2 atom stereocenters. The first-order valence-electron chi connectivity index (χ1n) is 10.5. The molecular formula is C20H40Cl2Si2. The van der Waals surface area contributed by atoms with E-state index < -0.39 is 14.8 Å². The van der Waals surface area contributed by atoms with Gasteiger partial charge in [0.1, 0.15) is 0 Å². The van der Waals surface area contributed by atoms with Crippen LogP contribution >= 0.6 is 22.2 Å². The van der Waals surface area contributed by atoms with E-state index in [0.29, 0.717) is 5.04 Å². The molecule has 2 unspecified atom stereocenters. The zero-order chi connectivity index (χ0) is 17.8. The molecule has 2 aliphatic carbocycles. The van der Waals surface area contributed by atoms with E-state index in [2.05, 4.69) is 26.2 Å². The highest BCUT2D eigenvalue weighted by atomic mass is 35.6. The van der Waals surface area contributed by atoms with Crippen molar-refractivity contribution >= 4 is 36.9 Å². The molecule has 0 aromatic heterocycles. The van der Waals surface area contributed by atoms with E-state index in [1.165, 1.54) is 83.1 Å². The van der Waals surface area contributed by atoms with Crippen LogP contribution in [0, 0.1) is 11.8 Å². The third kappa shape index (κ3) is 5.76. The second kappa shape index (κ2) is 8.80. The molecule has 2 aliphatic rings. The van der Waals surface area contributed by atoms with Crippen LogP contribution in [0.1, 0.15) is 77.0 Å². The van der Waals surface area contributed by atoms with Gasteiger partial charge in [0.2, 0.25) is 0 Å². The number of rotatable bonds is 5. The van der Waals surface area contributed by atoms with Crippen molar-refractivity contribution in [3.05, 3.63) is 0 Å². The highest BCUT2D eigenvalue weighted by Crippen LogP contribution is 2.61. The first-order valence-corrected chi connectivity index (χ1v) is 18.7. The van der Waals surface area contributed by atoms with Gasteiger partial charge in [0.25, 0.3) is 0 Å². The Morgan fingerprint density at radius 3 is 1.96 bits per heavy atom. The maximum atomic E-state index is 7.30. The highest BCUT2D eigenvalue weighted by molar-refractivity contribution is 7.20. The second-order valence-electron chi connectivity index (χ2n) is 9.89. The fraction of sp³-hybridized carbons (Fsp3) is 1.00. The summed E-state index contributed by atoms with van der Waals surface area (Å²) in [6.07, 6.45) is 17.1. The predicted molar refractivity (Wildman–Crippen MR) is 117 cm³/mol. The molecule has 2 rings (SSSR count). The summed E-state index contributed by atoms with van der Waals surface area (Å²) in [6.45, 7) is 9.54. The fourth-order valence-corrected chi connectivity index (χ4v) is 10.8. The van der Waals surface area contributed by atoms with Gasteiger partial charge in [-0.15, -0.1) is 0 Å². The van der Waals surface area contributed by atoms with Crippen molar-refractivity contribution in [2.45, 2.75) is 114 Å². The average molecular weight is 408 g/mol. The van der Waals surface area contributed by atoms with Crippen molar-refractivity contribution in [1.29, 1.82) is 0 Å². The average Bonchev–Trinajstić information content (AvgIpc) is 2.85. The van der Waals surface area contributed by atoms with Crippen LogP contribution in [-0.4, -0.2) is 14.8 Å². The van der Waals surface area contributed by atoms with E-state index in [1.807, 2.05) is 0 Å². The number of hydrogen-bond donors (Lipinski definition) is 0. The van der Waals surface area contributed by atoms with E-state index >= 15 is 0 Å². The summed E-state index contributed by atoms with van der Waals surface area (Å²) in [5, 5.41) is 0.484. The van der Waals surface area contributed by atoms with Crippen molar-refractivity contribution < 1.29 is 0 Å². The Morgan fingerprint density at radius 1 is 0.833 bits per heavy atom. The lowest BCUT2D eigenvalue weighted by atomic mass is 9.77. The SMILES string of the molecule is C[Si](C)(Cl)CCC1CCCCC(C2CCCCCC2)([Si](C)(C)Cl)C1. The molecule has 2 fully saturated rings. The molecule has 0 nitrogen and oxygen atoms in total. The molecule has 0 amide bonds. The molecule has 0 bridgehead atoms. The van der Waals surface area contributed by atoms with E-state index in [9.17, 15) is 0 Å². The first-order chi connectivity index (χ1) is 11.1. The zero-order valence-corrected chi connectivity index (χ0v) is 20.1. The van der Waals surface area contributed by atoms with Gasteiger partial charge in [0.05, 0.1) is 0 Å². The zero-order valence-electron chi connectivity index (χ0n) is 16.6. The molecule has 0 heterocycles. The van der Waals surface area contributed by atoms with Crippen LogP contribution in [0.25, 0.3) is 0 Å². The van der Waals surface area contributed by atoms with Crippen molar-refractivity contribution in [3.8, 4) is 0 Å². The largest absolute Gasteiger partial charge is 0.168 e. The van der Waals surface area contributed by atoms with Crippen molar-refractivity contribution in [2.24, 2.45) is 11.8 Å². The fourth-order valence-electron chi connectivity index (χ4n) is 5.61. The molecule has 4 heteroatoms. The Hall–Kier alpha value is 1.01. The lowest BCUT2D eigenvalue weighted by molar-refractivity contribution is 0.249. The predicted octanol–water partition coefficient (Wildman–Crippen LogP) is 8.56. The van der Waals surface area contributed by atoms with Gasteiger partial charge in [-0.2, -0.15) is 22.2 Å². The van der Waals surface area contributed by atoms with Crippen LogP contribution in [0.4, 0.5) is 0 Å². The van der Waals surface area contributed by atoms with Gasteiger partial charge in [-0.1, -0.05) is 90.4 Å². The summed E-state index contributed by atoms with van der Waals surface area (Å²) in [5.41, 5.74) is 0. The van der Waals surface area contributed by atoms with E-state index in [-0.39, 0.29) is 0 Å². The van der Waals surface area contributed by atoms with Crippen molar-refractivity contribution in [3.63, 3.8) is 0 Å². The summed E-state index contributed by atoms with van der Waals surface area (Å²) < 4.78 is 0. The minimum absolute atomic E-state index is 0.484. The molecule has 0 N–H and O–H groups in total. The monoisotopic (exact) mass is 406 g/mol. The molecule has 0 radical (unpaired) electrons. The van der Waals surface area contributed by atoms with Crippen LogP contribution < -0.4 is 0 Å². The Morgan fingerprint density at radius 2 is 1.42 bits per heavy atom. The Bertz CT molecular complexity index is 378. The van der Waals surface area contributed by atoms with Gasteiger partial charge in [-0.25, -0.2) is 0 Å². The van der Waals surface area contributed by atoms with E-state index in [1.54, 1.807) is 0 Å². The van der Waals surface area contributed by atoms with Gasteiger partial charge in [0.15, 0.2) is 14.8 Å². The Kier molecular flexibility index (Phi) is 7.82. The van der Waals surface area contributed by atoms with Crippen LogP contribution in [0.3, 0.4) is 0 Å². The standard InChI is InChI=1S/C20H40Cl2Si2/c1-23(2,21)16-14-18-11-9-10-15-20(17-18,24(3,4)22)19-12-7-5-6-8-13-19/h18-19H,5-17H2,1-4H3. The van der Waals surface area contributed by atoms with Crippen LogP contribution in [0.2, 0.25) is 37.3 Å². The first kappa shape index (κ1) is 21.3. The number of hydrogen-bond acceptors (Lipinski definition) is 0. The summed E-state index contributed by atoms with van der Waals surface area (Å²) in [4.78, 5) is 0. The van der Waals surface area contributed by atoms with Crippen molar-refractivity contribution in [1.82, 2.24) is 0 Å². The van der Waals surface area contributed by atoms with Gasteiger partial charge >= 0.3 is 0 Å². The summed E-state index contributed by atoms with van der Waals surface area (Å²) in [6, 6.07) is 1.28. The molecule has 2 saturated carbocycles. The highest BCUT2D eigenvalue weighted by Gasteiger charge is 2.51. The summed E-state index contributed by atoms with van der Waals surface area (Å²) >= 11 is 14.0. The molecule has 0 aromatic carbocycles. The molecular weight excluding hydrogens is 367 g/mol. The molecule has 24 heavy (non-hydrogen) atoms. The molecule has 0 aliphatic heterocycles. The van der Waals surface area contributed by atoms with E-state index in [4.69, 9.17) is 22.2 Å². The van der Waals surface area contributed by atoms with E-state index in [0.717, 1.165) is 11.8 Å². The lowest BCUT2D eigenvalue weighted by Gasteiger charge is -2.49. The van der Waals surface area contributed by atoms with Crippen LogP contribution in [-0.2, 0) is 0 Å². The van der Waals surface area contributed by atoms with Gasteiger partial charge in [0, 0.05) is 0 Å². The molecule has 142 valence electrons. The normalized spacial score (nSPS) is 31.5. The van der Waals surface area contributed by atoms with Gasteiger partial charge < -0.3 is 0 Å². The Balaban J connectivity index is 2.20. The summed E-state index contributed by atoms with van der Waals surface area (Å²) in [5.74, 6) is 1.79. The lowest BCUT2D eigenvalue weighted by Crippen LogP contribution is -2.44. The van der Waals surface area contributed by atoms with Crippen LogP contribution in [0.15, 0.2) is 0 Å². The maximum absolute atomic E-state index is 7.30.